The van der Waals surface area contributed by atoms with Crippen molar-refractivity contribution in [3.63, 3.8) is 0 Å². The standard InChI is InChI=1S/C10H7Cl3N2O3S/c1-2-18-10(17)4(3-14)15-9(16)7-5(11)6(12)8(13)19-7/h4H,2H2,1H3,(H,15,16). The minimum atomic E-state index is -1.41. The van der Waals surface area contributed by atoms with E-state index in [4.69, 9.17) is 40.1 Å². The summed E-state index contributed by atoms with van der Waals surface area (Å²) in [5, 5.41) is 11.0. The first kappa shape index (κ1) is 16.1. The van der Waals surface area contributed by atoms with Gasteiger partial charge in [-0.05, 0) is 6.92 Å². The highest BCUT2D eigenvalue weighted by Gasteiger charge is 2.26. The molecule has 5 nitrogen and oxygen atoms in total. The molecular weight excluding hydrogens is 335 g/mol. The number of halogens is 3. The fourth-order valence-electron chi connectivity index (χ4n) is 1.08. The van der Waals surface area contributed by atoms with Crippen LogP contribution in [0.2, 0.25) is 14.4 Å². The zero-order chi connectivity index (χ0) is 14.6. The summed E-state index contributed by atoms with van der Waals surface area (Å²) in [6.45, 7) is 1.69. The first-order chi connectivity index (χ1) is 8.92. The third-order valence-corrected chi connectivity index (χ3v) is 4.46. The molecular formula is C10H7Cl3N2O3S. The van der Waals surface area contributed by atoms with Crippen LogP contribution in [0, 0.1) is 11.3 Å². The monoisotopic (exact) mass is 340 g/mol. The van der Waals surface area contributed by atoms with Crippen LogP contribution in [-0.4, -0.2) is 24.5 Å². The van der Waals surface area contributed by atoms with Crippen LogP contribution in [-0.2, 0) is 9.53 Å². The number of ether oxygens (including phenoxy) is 1. The molecule has 0 aromatic carbocycles. The van der Waals surface area contributed by atoms with Gasteiger partial charge in [0.15, 0.2) is 0 Å². The average molecular weight is 342 g/mol. The topological polar surface area (TPSA) is 79.2 Å². The molecule has 0 spiro atoms. The highest BCUT2D eigenvalue weighted by Crippen LogP contribution is 2.40. The van der Waals surface area contributed by atoms with Crippen LogP contribution in [0.3, 0.4) is 0 Å². The van der Waals surface area contributed by atoms with E-state index in [-0.39, 0.29) is 25.9 Å². The van der Waals surface area contributed by atoms with Gasteiger partial charge in [-0.3, -0.25) is 4.79 Å². The van der Waals surface area contributed by atoms with E-state index >= 15 is 0 Å². The van der Waals surface area contributed by atoms with Crippen molar-refractivity contribution in [2.45, 2.75) is 13.0 Å². The summed E-state index contributed by atoms with van der Waals surface area (Å²) in [5.74, 6) is -1.56. The van der Waals surface area contributed by atoms with Crippen molar-refractivity contribution in [3.05, 3.63) is 19.3 Å². The molecule has 0 aliphatic heterocycles. The van der Waals surface area contributed by atoms with E-state index in [1.807, 2.05) is 0 Å². The van der Waals surface area contributed by atoms with Crippen LogP contribution < -0.4 is 5.32 Å². The molecule has 1 aromatic rings. The number of carbonyl (C=O) groups excluding carboxylic acids is 2. The predicted octanol–water partition coefficient (Wildman–Crippen LogP) is 2.89. The van der Waals surface area contributed by atoms with E-state index in [9.17, 15) is 9.59 Å². The maximum atomic E-state index is 11.8. The number of carbonyl (C=O) groups is 2. The molecule has 0 saturated carbocycles. The maximum Gasteiger partial charge on any atom is 0.343 e. The van der Waals surface area contributed by atoms with Crippen molar-refractivity contribution in [2.24, 2.45) is 0 Å². The molecule has 9 heteroatoms. The normalized spacial score (nSPS) is 11.5. The SMILES string of the molecule is CCOC(=O)C(C#N)NC(=O)c1sc(Cl)c(Cl)c1Cl. The Balaban J connectivity index is 2.87. The molecule has 0 fully saturated rings. The van der Waals surface area contributed by atoms with E-state index in [0.717, 1.165) is 11.3 Å². The number of thiophene rings is 1. The first-order valence-electron chi connectivity index (χ1n) is 4.92. The van der Waals surface area contributed by atoms with Gasteiger partial charge in [0.2, 0.25) is 6.04 Å². The van der Waals surface area contributed by atoms with Gasteiger partial charge in [-0.15, -0.1) is 11.3 Å². The van der Waals surface area contributed by atoms with Crippen molar-refractivity contribution in [1.82, 2.24) is 5.32 Å². The van der Waals surface area contributed by atoms with Crippen LogP contribution in [0.25, 0.3) is 0 Å². The van der Waals surface area contributed by atoms with E-state index in [1.54, 1.807) is 13.0 Å². The highest BCUT2D eigenvalue weighted by molar-refractivity contribution is 7.19. The van der Waals surface area contributed by atoms with Crippen LogP contribution in [0.15, 0.2) is 0 Å². The minimum absolute atomic E-state index is 0.0188. The van der Waals surface area contributed by atoms with Crippen LogP contribution in [0.4, 0.5) is 0 Å². The van der Waals surface area contributed by atoms with Crippen LogP contribution >= 0.6 is 46.1 Å². The third kappa shape index (κ3) is 3.74. The fourth-order valence-corrected chi connectivity index (χ4v) is 2.78. The maximum absolute atomic E-state index is 11.8. The molecule has 1 atom stereocenters. The van der Waals surface area contributed by atoms with Gasteiger partial charge in [0.05, 0.1) is 22.7 Å². The second kappa shape index (κ2) is 6.96. The average Bonchev–Trinajstić information content (AvgIpc) is 2.63. The van der Waals surface area contributed by atoms with Crippen molar-refractivity contribution in [2.75, 3.05) is 6.61 Å². The van der Waals surface area contributed by atoms with Crippen molar-refractivity contribution < 1.29 is 14.3 Å². The number of nitrogens with one attached hydrogen (secondary N) is 1. The summed E-state index contributed by atoms with van der Waals surface area (Å²) < 4.78 is 4.79. The van der Waals surface area contributed by atoms with Gasteiger partial charge in [0, 0.05) is 0 Å². The highest BCUT2D eigenvalue weighted by atomic mass is 35.5. The van der Waals surface area contributed by atoms with Crippen molar-refractivity contribution >= 4 is 58.0 Å². The lowest BCUT2D eigenvalue weighted by Crippen LogP contribution is -2.40. The smallest absolute Gasteiger partial charge is 0.343 e. The number of nitriles is 1. The Morgan fingerprint density at radius 1 is 1.42 bits per heavy atom. The Labute approximate surface area is 128 Å². The summed E-state index contributed by atoms with van der Waals surface area (Å²) in [5.41, 5.74) is 0. The van der Waals surface area contributed by atoms with Gasteiger partial charge in [-0.25, -0.2) is 4.79 Å². The second-order valence-corrected chi connectivity index (χ2v) is 5.50. The summed E-state index contributed by atoms with van der Waals surface area (Å²) in [6.07, 6.45) is 0. The Bertz CT molecular complexity index is 553. The number of hydrogen-bond acceptors (Lipinski definition) is 5. The van der Waals surface area contributed by atoms with Crippen molar-refractivity contribution in [1.29, 1.82) is 5.26 Å². The Kier molecular flexibility index (Phi) is 5.88. The molecule has 1 heterocycles. The summed E-state index contributed by atoms with van der Waals surface area (Å²) in [4.78, 5) is 23.2. The summed E-state index contributed by atoms with van der Waals surface area (Å²) in [7, 11) is 0. The van der Waals surface area contributed by atoms with E-state index in [0.29, 0.717) is 0 Å². The molecule has 1 aromatic heterocycles. The summed E-state index contributed by atoms with van der Waals surface area (Å²) in [6, 6.07) is 0.204. The molecule has 0 bridgehead atoms. The molecule has 102 valence electrons. The van der Waals surface area contributed by atoms with Gasteiger partial charge in [0.1, 0.15) is 9.21 Å². The van der Waals surface area contributed by atoms with Gasteiger partial charge >= 0.3 is 5.97 Å². The molecule has 1 unspecified atom stereocenters. The largest absolute Gasteiger partial charge is 0.464 e. The number of amides is 1. The van der Waals surface area contributed by atoms with Gasteiger partial charge in [0.25, 0.3) is 5.91 Å². The Hall–Kier alpha value is -1.00. The summed E-state index contributed by atoms with van der Waals surface area (Å²) >= 11 is 18.1. The Morgan fingerprint density at radius 3 is 2.47 bits per heavy atom. The molecule has 1 amide bonds. The second-order valence-electron chi connectivity index (χ2n) is 3.12. The van der Waals surface area contributed by atoms with E-state index in [1.165, 1.54) is 0 Å². The molecule has 0 aliphatic carbocycles. The predicted molar refractivity (Wildman–Crippen MR) is 72.8 cm³/mol. The number of nitrogens with zero attached hydrogens (tertiary/aromatic N) is 1. The van der Waals surface area contributed by atoms with E-state index in [2.05, 4.69) is 10.1 Å². The third-order valence-electron chi connectivity index (χ3n) is 1.89. The van der Waals surface area contributed by atoms with Gasteiger partial charge in [-0.1, -0.05) is 34.8 Å². The fraction of sp³-hybridized carbons (Fsp3) is 0.300. The Morgan fingerprint density at radius 2 is 2.05 bits per heavy atom. The number of esters is 1. The zero-order valence-corrected chi connectivity index (χ0v) is 12.6. The zero-order valence-electron chi connectivity index (χ0n) is 9.50. The molecule has 1 N–H and O–H groups in total. The lowest BCUT2D eigenvalue weighted by atomic mass is 10.3. The van der Waals surface area contributed by atoms with Crippen LogP contribution in [0.1, 0.15) is 16.6 Å². The van der Waals surface area contributed by atoms with Crippen molar-refractivity contribution in [3.8, 4) is 6.07 Å². The molecule has 0 saturated heterocycles. The van der Waals surface area contributed by atoms with Gasteiger partial charge in [-0.2, -0.15) is 5.26 Å². The molecule has 19 heavy (non-hydrogen) atoms. The van der Waals surface area contributed by atoms with Crippen LogP contribution in [0.5, 0.6) is 0 Å². The molecule has 1 rings (SSSR count). The molecule has 0 aliphatic rings. The number of rotatable bonds is 4. The number of hydrogen-bond donors (Lipinski definition) is 1. The van der Waals surface area contributed by atoms with E-state index < -0.39 is 17.9 Å². The lowest BCUT2D eigenvalue weighted by molar-refractivity contribution is -0.143. The minimum Gasteiger partial charge on any atom is -0.464 e. The lowest BCUT2D eigenvalue weighted by Gasteiger charge is -2.09. The van der Waals surface area contributed by atoms with Gasteiger partial charge < -0.3 is 10.1 Å². The first-order valence-corrected chi connectivity index (χ1v) is 6.87. The molecule has 0 radical (unpaired) electrons. The quantitative estimate of drug-likeness (QED) is 0.854.